The molecule has 6 heteroatoms. The smallest absolute Gasteiger partial charge is 0.259 e. The van der Waals surface area contributed by atoms with E-state index in [1.165, 1.54) is 4.90 Å². The summed E-state index contributed by atoms with van der Waals surface area (Å²) in [6, 6.07) is 26.1. The van der Waals surface area contributed by atoms with E-state index in [2.05, 4.69) is 10.4 Å². The van der Waals surface area contributed by atoms with Gasteiger partial charge < -0.3 is 10.2 Å². The molecular formula is C25H22N4O2. The second-order valence-electron chi connectivity index (χ2n) is 7.27. The summed E-state index contributed by atoms with van der Waals surface area (Å²) in [4.78, 5) is 26.7. The molecule has 0 aliphatic carbocycles. The maximum Gasteiger partial charge on any atom is 0.259 e. The van der Waals surface area contributed by atoms with Gasteiger partial charge in [-0.3, -0.25) is 9.59 Å². The van der Waals surface area contributed by atoms with Crippen molar-refractivity contribution in [3.63, 3.8) is 0 Å². The highest BCUT2D eigenvalue weighted by atomic mass is 16.2. The van der Waals surface area contributed by atoms with Gasteiger partial charge >= 0.3 is 0 Å². The Kier molecular flexibility index (Phi) is 5.62. The first-order valence-electron chi connectivity index (χ1n) is 9.86. The Hall–Kier alpha value is -4.19. The average molecular weight is 410 g/mol. The highest BCUT2D eigenvalue weighted by Gasteiger charge is 2.19. The van der Waals surface area contributed by atoms with Crippen molar-refractivity contribution in [2.75, 3.05) is 19.4 Å². The molecule has 31 heavy (non-hydrogen) atoms. The first-order chi connectivity index (χ1) is 15.0. The van der Waals surface area contributed by atoms with Crippen molar-refractivity contribution in [3.8, 4) is 16.9 Å². The van der Waals surface area contributed by atoms with Crippen LogP contribution in [0.2, 0.25) is 0 Å². The summed E-state index contributed by atoms with van der Waals surface area (Å²) in [5.41, 5.74) is 3.95. The van der Waals surface area contributed by atoms with Crippen molar-refractivity contribution in [2.24, 2.45) is 0 Å². The van der Waals surface area contributed by atoms with Gasteiger partial charge in [0.25, 0.3) is 11.8 Å². The molecule has 154 valence electrons. The monoisotopic (exact) mass is 410 g/mol. The van der Waals surface area contributed by atoms with Gasteiger partial charge in [0.15, 0.2) is 0 Å². The van der Waals surface area contributed by atoms with Gasteiger partial charge in [-0.2, -0.15) is 5.10 Å². The average Bonchev–Trinajstić information content (AvgIpc) is 3.26. The van der Waals surface area contributed by atoms with E-state index < -0.39 is 0 Å². The zero-order valence-corrected chi connectivity index (χ0v) is 17.3. The number of amides is 2. The van der Waals surface area contributed by atoms with Gasteiger partial charge in [-0.15, -0.1) is 0 Å². The first kappa shape index (κ1) is 20.1. The lowest BCUT2D eigenvalue weighted by Gasteiger charge is -2.11. The van der Waals surface area contributed by atoms with Gasteiger partial charge in [0.1, 0.15) is 5.69 Å². The largest absolute Gasteiger partial charge is 0.345 e. The zero-order chi connectivity index (χ0) is 21.8. The van der Waals surface area contributed by atoms with Crippen LogP contribution < -0.4 is 5.32 Å². The standard InChI is InChI=1S/C25H22N4O2/c1-28(2)25(31)19-13-15-20(16-14-19)26-24(30)22-17-29(21-11-7-4-8-12-21)27-23(22)18-9-5-3-6-10-18/h3-17H,1-2H3,(H,26,30). The van der Waals surface area contributed by atoms with Gasteiger partial charge in [-0.1, -0.05) is 48.5 Å². The summed E-state index contributed by atoms with van der Waals surface area (Å²) >= 11 is 0. The summed E-state index contributed by atoms with van der Waals surface area (Å²) in [5.74, 6) is -0.360. The third-order valence-electron chi connectivity index (χ3n) is 4.82. The van der Waals surface area contributed by atoms with Gasteiger partial charge in [0.2, 0.25) is 0 Å². The number of rotatable bonds is 5. The fourth-order valence-electron chi connectivity index (χ4n) is 3.22. The van der Waals surface area contributed by atoms with Gasteiger partial charge in [0.05, 0.1) is 11.3 Å². The molecule has 0 fully saturated rings. The molecule has 0 aliphatic heterocycles. The number of aromatic nitrogens is 2. The van der Waals surface area contributed by atoms with Crippen molar-refractivity contribution in [2.45, 2.75) is 0 Å². The molecule has 3 aromatic carbocycles. The van der Waals surface area contributed by atoms with Crippen molar-refractivity contribution in [1.29, 1.82) is 0 Å². The van der Waals surface area contributed by atoms with E-state index in [0.717, 1.165) is 11.3 Å². The second kappa shape index (κ2) is 8.67. The van der Waals surface area contributed by atoms with Crippen molar-refractivity contribution < 1.29 is 9.59 Å². The maximum atomic E-state index is 13.1. The predicted octanol–water partition coefficient (Wildman–Crippen LogP) is 4.49. The van der Waals surface area contributed by atoms with Crippen LogP contribution in [-0.2, 0) is 0 Å². The molecule has 1 N–H and O–H groups in total. The van der Waals surface area contributed by atoms with Crippen LogP contribution in [0, 0.1) is 0 Å². The van der Waals surface area contributed by atoms with Crippen LogP contribution in [0.3, 0.4) is 0 Å². The Morgan fingerprint density at radius 2 is 1.45 bits per heavy atom. The van der Waals surface area contributed by atoms with E-state index in [0.29, 0.717) is 22.5 Å². The zero-order valence-electron chi connectivity index (χ0n) is 17.3. The lowest BCUT2D eigenvalue weighted by molar-refractivity contribution is 0.0827. The highest BCUT2D eigenvalue weighted by Crippen LogP contribution is 2.25. The number of hydrogen-bond donors (Lipinski definition) is 1. The number of carbonyl (C=O) groups is 2. The fraction of sp³-hybridized carbons (Fsp3) is 0.0800. The van der Waals surface area contributed by atoms with Gasteiger partial charge in [-0.25, -0.2) is 4.68 Å². The van der Waals surface area contributed by atoms with Crippen LogP contribution in [0.25, 0.3) is 16.9 Å². The number of para-hydroxylation sites is 1. The van der Waals surface area contributed by atoms with E-state index in [9.17, 15) is 9.59 Å². The number of carbonyl (C=O) groups excluding carboxylic acids is 2. The number of hydrogen-bond acceptors (Lipinski definition) is 3. The van der Waals surface area contributed by atoms with Gasteiger partial charge in [0, 0.05) is 37.1 Å². The molecule has 1 aromatic heterocycles. The fourth-order valence-corrected chi connectivity index (χ4v) is 3.22. The lowest BCUT2D eigenvalue weighted by Crippen LogP contribution is -2.21. The van der Waals surface area contributed by atoms with Crippen LogP contribution in [0.1, 0.15) is 20.7 Å². The molecule has 4 aromatic rings. The first-order valence-corrected chi connectivity index (χ1v) is 9.86. The SMILES string of the molecule is CN(C)C(=O)c1ccc(NC(=O)c2cn(-c3ccccc3)nc2-c2ccccc2)cc1. The molecule has 2 amide bonds. The molecule has 6 nitrogen and oxygen atoms in total. The summed E-state index contributed by atoms with van der Waals surface area (Å²) in [6.07, 6.45) is 1.73. The summed E-state index contributed by atoms with van der Waals surface area (Å²) in [7, 11) is 3.40. The molecule has 1 heterocycles. The molecule has 0 unspecified atom stereocenters. The van der Waals surface area contributed by atoms with E-state index in [4.69, 9.17) is 0 Å². The predicted molar refractivity (Wildman–Crippen MR) is 121 cm³/mol. The number of anilines is 1. The molecule has 0 saturated heterocycles. The van der Waals surface area contributed by atoms with E-state index in [-0.39, 0.29) is 11.8 Å². The minimum atomic E-state index is -0.271. The quantitative estimate of drug-likeness (QED) is 0.527. The van der Waals surface area contributed by atoms with E-state index in [1.807, 2.05) is 60.7 Å². The normalized spacial score (nSPS) is 10.5. The van der Waals surface area contributed by atoms with Crippen molar-refractivity contribution in [1.82, 2.24) is 14.7 Å². The van der Waals surface area contributed by atoms with Gasteiger partial charge in [-0.05, 0) is 36.4 Å². The van der Waals surface area contributed by atoms with Crippen molar-refractivity contribution >= 4 is 17.5 Å². The summed E-state index contributed by atoms with van der Waals surface area (Å²) in [5, 5.41) is 7.59. The maximum absolute atomic E-state index is 13.1. The Morgan fingerprint density at radius 1 is 0.839 bits per heavy atom. The molecule has 0 aliphatic rings. The molecule has 0 atom stereocenters. The molecular weight excluding hydrogens is 388 g/mol. The molecule has 0 spiro atoms. The molecule has 0 radical (unpaired) electrons. The minimum absolute atomic E-state index is 0.0895. The van der Waals surface area contributed by atoms with Crippen molar-refractivity contribution in [3.05, 3.63) is 102 Å². The summed E-state index contributed by atoms with van der Waals surface area (Å²) in [6.45, 7) is 0. The lowest BCUT2D eigenvalue weighted by atomic mass is 10.1. The Morgan fingerprint density at radius 3 is 2.06 bits per heavy atom. The summed E-state index contributed by atoms with van der Waals surface area (Å²) < 4.78 is 1.70. The van der Waals surface area contributed by atoms with Crippen LogP contribution >= 0.6 is 0 Å². The van der Waals surface area contributed by atoms with E-state index >= 15 is 0 Å². The topological polar surface area (TPSA) is 67.2 Å². The molecule has 0 saturated carbocycles. The van der Waals surface area contributed by atoms with E-state index in [1.54, 1.807) is 49.2 Å². The molecule has 0 bridgehead atoms. The second-order valence-corrected chi connectivity index (χ2v) is 7.27. The highest BCUT2D eigenvalue weighted by molar-refractivity contribution is 6.08. The molecule has 4 rings (SSSR count). The Balaban J connectivity index is 1.65. The Labute approximate surface area is 180 Å². The third kappa shape index (κ3) is 4.38. The van der Waals surface area contributed by atoms with Crippen LogP contribution in [-0.4, -0.2) is 40.6 Å². The number of nitrogens with zero attached hydrogens (tertiary/aromatic N) is 3. The van der Waals surface area contributed by atoms with Crippen LogP contribution in [0.5, 0.6) is 0 Å². The van der Waals surface area contributed by atoms with Crippen LogP contribution in [0.4, 0.5) is 5.69 Å². The number of benzene rings is 3. The third-order valence-corrected chi connectivity index (χ3v) is 4.82. The Bertz CT molecular complexity index is 1200. The van der Waals surface area contributed by atoms with Crippen LogP contribution in [0.15, 0.2) is 91.1 Å². The minimum Gasteiger partial charge on any atom is -0.345 e. The number of nitrogens with one attached hydrogen (secondary N) is 1.